The molecule has 4 aromatic rings. The Hall–Kier alpha value is -4.00. The molecule has 2 amide bonds. The molecule has 0 aliphatic rings. The minimum absolute atomic E-state index is 0.0187. The third kappa shape index (κ3) is 4.73. The summed E-state index contributed by atoms with van der Waals surface area (Å²) in [5, 5.41) is 6.67. The van der Waals surface area contributed by atoms with Gasteiger partial charge < -0.3 is 16.8 Å². The number of hydrogen-bond donors (Lipinski definition) is 3. The first-order chi connectivity index (χ1) is 16.9. The number of benzene rings is 2. The topological polar surface area (TPSA) is 129 Å². The van der Waals surface area contributed by atoms with Gasteiger partial charge in [-0.1, -0.05) is 29.5 Å². The van der Waals surface area contributed by atoms with Crippen LogP contribution in [-0.2, 0) is 17.4 Å². The van der Waals surface area contributed by atoms with E-state index in [4.69, 9.17) is 11.5 Å². The van der Waals surface area contributed by atoms with Crippen LogP contribution in [0.3, 0.4) is 0 Å². The molecule has 5 N–H and O–H groups in total. The first-order valence-corrected chi connectivity index (χ1v) is 11.4. The number of halogens is 4. The van der Waals surface area contributed by atoms with Gasteiger partial charge in [-0.05, 0) is 37.6 Å². The zero-order chi connectivity index (χ0) is 26.4. The van der Waals surface area contributed by atoms with E-state index in [0.717, 1.165) is 12.1 Å². The maximum Gasteiger partial charge on any atom is 0.417 e. The van der Waals surface area contributed by atoms with E-state index in [0.29, 0.717) is 11.3 Å². The van der Waals surface area contributed by atoms with Crippen LogP contribution >= 0.6 is 11.3 Å². The Kier molecular flexibility index (Phi) is 6.43. The van der Waals surface area contributed by atoms with Crippen molar-refractivity contribution in [3.63, 3.8) is 0 Å². The minimum Gasteiger partial charge on any atom is -0.383 e. The molecule has 0 spiro atoms. The zero-order valence-corrected chi connectivity index (χ0v) is 19.8. The fourth-order valence-corrected chi connectivity index (χ4v) is 4.70. The number of primary amides is 1. The third-order valence-corrected chi connectivity index (χ3v) is 6.35. The second kappa shape index (κ2) is 9.22. The number of nitrogens with one attached hydrogen (secondary N) is 1. The molecule has 0 aliphatic carbocycles. The highest BCUT2D eigenvalue weighted by molar-refractivity contribution is 7.22. The number of anilines is 2. The summed E-state index contributed by atoms with van der Waals surface area (Å²) in [5.74, 6) is -2.18. The fourth-order valence-electron chi connectivity index (χ4n) is 3.69. The number of carbonyl (C=O) groups is 2. The van der Waals surface area contributed by atoms with E-state index in [1.165, 1.54) is 28.9 Å². The van der Waals surface area contributed by atoms with E-state index in [2.05, 4.69) is 15.4 Å². The Labute approximate surface area is 205 Å². The van der Waals surface area contributed by atoms with Crippen LogP contribution in [0.15, 0.2) is 36.4 Å². The molecule has 4 rings (SSSR count). The number of thiazole rings is 1. The van der Waals surface area contributed by atoms with Crippen molar-refractivity contribution in [1.29, 1.82) is 0 Å². The van der Waals surface area contributed by atoms with Gasteiger partial charge in [-0.3, -0.25) is 9.59 Å². The van der Waals surface area contributed by atoms with E-state index in [9.17, 15) is 27.2 Å². The van der Waals surface area contributed by atoms with Crippen LogP contribution in [0.5, 0.6) is 0 Å². The van der Waals surface area contributed by atoms with Gasteiger partial charge in [0, 0.05) is 11.6 Å². The van der Waals surface area contributed by atoms with Gasteiger partial charge in [0.2, 0.25) is 5.91 Å². The summed E-state index contributed by atoms with van der Waals surface area (Å²) < 4.78 is 55.8. The highest BCUT2D eigenvalue weighted by Gasteiger charge is 2.33. The smallest absolute Gasteiger partial charge is 0.383 e. The van der Waals surface area contributed by atoms with Crippen molar-refractivity contribution in [2.24, 2.45) is 5.73 Å². The lowest BCUT2D eigenvalue weighted by atomic mass is 10.0. The SMILES string of the molecule is CC(C)n1nc(-c2ccc(CC(=O)Nc3nc4cccc(C(F)(F)F)c4s3)c(F)c2)c(C(N)=O)c1N. The van der Waals surface area contributed by atoms with Crippen molar-refractivity contribution in [2.75, 3.05) is 11.1 Å². The van der Waals surface area contributed by atoms with Gasteiger partial charge in [-0.15, -0.1) is 0 Å². The summed E-state index contributed by atoms with van der Waals surface area (Å²) in [5.41, 5.74) is 11.0. The Bertz CT molecular complexity index is 1490. The van der Waals surface area contributed by atoms with E-state index < -0.39 is 35.8 Å². The molecule has 0 fully saturated rings. The second-order valence-corrected chi connectivity index (χ2v) is 9.21. The monoisotopic (exact) mass is 520 g/mol. The third-order valence-electron chi connectivity index (χ3n) is 5.33. The molecule has 188 valence electrons. The molecule has 0 radical (unpaired) electrons. The second-order valence-electron chi connectivity index (χ2n) is 8.21. The van der Waals surface area contributed by atoms with Crippen molar-refractivity contribution in [2.45, 2.75) is 32.5 Å². The number of nitrogen functional groups attached to an aromatic ring is 1. The normalized spacial score (nSPS) is 11.9. The molecule has 0 saturated carbocycles. The highest BCUT2D eigenvalue weighted by Crippen LogP contribution is 2.38. The zero-order valence-electron chi connectivity index (χ0n) is 19.0. The lowest BCUT2D eigenvalue weighted by Gasteiger charge is -2.07. The predicted molar refractivity (Wildman–Crippen MR) is 128 cm³/mol. The standard InChI is InChI=1S/C23H20F4N6O2S/c1-10(2)33-20(28)17(21(29)35)18(32-33)12-7-6-11(14(24)8-12)9-16(34)31-22-30-15-5-3-4-13(19(15)36-22)23(25,26)27/h3-8,10H,9,28H2,1-2H3,(H2,29,35)(H,30,31,34). The quantitative estimate of drug-likeness (QED) is 0.316. The molecular weight excluding hydrogens is 500 g/mol. The molecule has 2 aromatic heterocycles. The first-order valence-electron chi connectivity index (χ1n) is 10.6. The molecule has 2 aromatic carbocycles. The summed E-state index contributed by atoms with van der Waals surface area (Å²) in [6, 6.07) is 7.31. The van der Waals surface area contributed by atoms with Gasteiger partial charge in [0.15, 0.2) is 5.13 Å². The summed E-state index contributed by atoms with van der Waals surface area (Å²) in [6.07, 6.45) is -4.97. The largest absolute Gasteiger partial charge is 0.417 e. The molecule has 0 atom stereocenters. The Morgan fingerprint density at radius 2 is 1.92 bits per heavy atom. The molecular formula is C23H20F4N6O2S. The van der Waals surface area contributed by atoms with E-state index in [1.54, 1.807) is 13.8 Å². The summed E-state index contributed by atoms with van der Waals surface area (Å²) in [6.45, 7) is 3.60. The average Bonchev–Trinajstić information content (AvgIpc) is 3.34. The number of hydrogen-bond acceptors (Lipinski definition) is 6. The van der Waals surface area contributed by atoms with E-state index in [1.807, 2.05) is 0 Å². The molecule has 8 nitrogen and oxygen atoms in total. The molecule has 0 bridgehead atoms. The van der Waals surface area contributed by atoms with Crippen LogP contribution in [0.4, 0.5) is 28.5 Å². The number of amides is 2. The number of alkyl halides is 3. The number of nitrogens with zero attached hydrogens (tertiary/aromatic N) is 3. The Balaban J connectivity index is 1.56. The van der Waals surface area contributed by atoms with Crippen molar-refractivity contribution in [3.05, 3.63) is 58.9 Å². The number of fused-ring (bicyclic) bond motifs is 1. The lowest BCUT2D eigenvalue weighted by molar-refractivity contribution is -0.136. The first kappa shape index (κ1) is 25.1. The van der Waals surface area contributed by atoms with Crippen molar-refractivity contribution < 1.29 is 27.2 Å². The Morgan fingerprint density at radius 3 is 2.53 bits per heavy atom. The maximum atomic E-state index is 14.9. The molecule has 0 saturated heterocycles. The van der Waals surface area contributed by atoms with Crippen LogP contribution in [0.1, 0.15) is 41.4 Å². The average molecular weight is 521 g/mol. The van der Waals surface area contributed by atoms with Crippen LogP contribution in [0, 0.1) is 5.82 Å². The maximum absolute atomic E-state index is 14.9. The predicted octanol–water partition coefficient (Wildman–Crippen LogP) is 4.76. The van der Waals surface area contributed by atoms with Gasteiger partial charge in [0.05, 0.1) is 22.2 Å². The highest BCUT2D eigenvalue weighted by atomic mass is 32.1. The van der Waals surface area contributed by atoms with E-state index >= 15 is 0 Å². The minimum atomic E-state index is -4.57. The molecule has 0 unspecified atom stereocenters. The molecule has 13 heteroatoms. The van der Waals surface area contributed by atoms with Crippen LogP contribution in [0.2, 0.25) is 0 Å². The summed E-state index contributed by atoms with van der Waals surface area (Å²) >= 11 is 0.681. The van der Waals surface area contributed by atoms with Gasteiger partial charge in [0.25, 0.3) is 5.91 Å². The molecule has 2 heterocycles. The van der Waals surface area contributed by atoms with Crippen molar-refractivity contribution >= 4 is 44.3 Å². The summed E-state index contributed by atoms with van der Waals surface area (Å²) in [4.78, 5) is 28.4. The van der Waals surface area contributed by atoms with Crippen molar-refractivity contribution in [3.8, 4) is 11.3 Å². The molecule has 36 heavy (non-hydrogen) atoms. The fraction of sp³-hybridized carbons (Fsp3) is 0.217. The number of nitrogens with two attached hydrogens (primary N) is 2. The van der Waals surface area contributed by atoms with Crippen LogP contribution < -0.4 is 16.8 Å². The Morgan fingerprint density at radius 1 is 1.19 bits per heavy atom. The lowest BCUT2D eigenvalue weighted by Crippen LogP contribution is -2.15. The number of aromatic nitrogens is 3. The van der Waals surface area contributed by atoms with Crippen molar-refractivity contribution in [1.82, 2.24) is 14.8 Å². The van der Waals surface area contributed by atoms with Gasteiger partial charge >= 0.3 is 6.18 Å². The number of rotatable bonds is 6. The molecule has 0 aliphatic heterocycles. The van der Waals surface area contributed by atoms with Gasteiger partial charge in [-0.2, -0.15) is 18.3 Å². The van der Waals surface area contributed by atoms with Gasteiger partial charge in [0.1, 0.15) is 22.9 Å². The van der Waals surface area contributed by atoms with Gasteiger partial charge in [-0.25, -0.2) is 14.1 Å². The van der Waals surface area contributed by atoms with Crippen LogP contribution in [-0.4, -0.2) is 26.6 Å². The number of carbonyl (C=O) groups excluding carboxylic acids is 2. The summed E-state index contributed by atoms with van der Waals surface area (Å²) in [7, 11) is 0. The van der Waals surface area contributed by atoms with Crippen LogP contribution in [0.25, 0.3) is 21.5 Å². The van der Waals surface area contributed by atoms with E-state index in [-0.39, 0.29) is 49.6 Å².